The first-order valence-electron chi connectivity index (χ1n) is 5.58. The summed E-state index contributed by atoms with van der Waals surface area (Å²) in [5, 5.41) is 13.7. The molecule has 2 aromatic rings. The topological polar surface area (TPSA) is 68.3 Å². The van der Waals surface area contributed by atoms with Gasteiger partial charge in [0.25, 0.3) is 0 Å². The standard InChI is InChI=1S/C12H14N2O3S/c1-3-8-6-9(14(2)13-8)7-18-11-5-4-10(17-11)12(15)16/h4-6H,3,7H2,1-2H3,(H,15,16). The molecule has 1 N–H and O–H groups in total. The normalized spacial score (nSPS) is 10.8. The molecule has 0 aliphatic carbocycles. The van der Waals surface area contributed by atoms with Crippen LogP contribution >= 0.6 is 11.8 Å². The summed E-state index contributed by atoms with van der Waals surface area (Å²) >= 11 is 1.46. The molecule has 2 heterocycles. The molecule has 0 aromatic carbocycles. The molecule has 18 heavy (non-hydrogen) atoms. The lowest BCUT2D eigenvalue weighted by Gasteiger charge is -1.99. The Labute approximate surface area is 109 Å². The van der Waals surface area contributed by atoms with Gasteiger partial charge in [0.15, 0.2) is 5.09 Å². The van der Waals surface area contributed by atoms with Crippen LogP contribution < -0.4 is 0 Å². The van der Waals surface area contributed by atoms with Crippen LogP contribution in [0.5, 0.6) is 0 Å². The highest BCUT2D eigenvalue weighted by Crippen LogP contribution is 2.25. The zero-order valence-corrected chi connectivity index (χ0v) is 11.0. The Hall–Kier alpha value is -1.69. The zero-order chi connectivity index (χ0) is 13.1. The fourth-order valence-electron chi connectivity index (χ4n) is 1.54. The molecule has 2 aromatic heterocycles. The minimum absolute atomic E-state index is 0.0308. The number of aryl methyl sites for hydroxylation is 2. The summed E-state index contributed by atoms with van der Waals surface area (Å²) < 4.78 is 7.01. The van der Waals surface area contributed by atoms with Crippen LogP contribution in [0.3, 0.4) is 0 Å². The summed E-state index contributed by atoms with van der Waals surface area (Å²) in [6, 6.07) is 5.19. The van der Waals surface area contributed by atoms with E-state index in [4.69, 9.17) is 9.52 Å². The van der Waals surface area contributed by atoms with Crippen LogP contribution in [0, 0.1) is 0 Å². The molecule has 5 nitrogen and oxygen atoms in total. The Morgan fingerprint density at radius 3 is 2.89 bits per heavy atom. The summed E-state index contributed by atoms with van der Waals surface area (Å²) in [5.74, 6) is -0.372. The molecule has 0 saturated heterocycles. The summed E-state index contributed by atoms with van der Waals surface area (Å²) in [4.78, 5) is 10.7. The predicted octanol–water partition coefficient (Wildman–Crippen LogP) is 2.57. The van der Waals surface area contributed by atoms with Gasteiger partial charge in [-0.2, -0.15) is 5.10 Å². The van der Waals surface area contributed by atoms with E-state index < -0.39 is 5.97 Å². The maximum Gasteiger partial charge on any atom is 0.371 e. The first kappa shape index (κ1) is 12.8. The SMILES string of the molecule is CCc1cc(CSc2ccc(C(=O)O)o2)n(C)n1. The Balaban J connectivity index is 2.01. The molecule has 0 saturated carbocycles. The summed E-state index contributed by atoms with van der Waals surface area (Å²) in [5.41, 5.74) is 2.14. The number of carboxylic acids is 1. The quantitative estimate of drug-likeness (QED) is 0.842. The van der Waals surface area contributed by atoms with Crippen molar-refractivity contribution in [2.24, 2.45) is 7.05 Å². The third-order valence-electron chi connectivity index (χ3n) is 2.54. The second-order valence-corrected chi connectivity index (χ2v) is 4.80. The van der Waals surface area contributed by atoms with E-state index in [1.165, 1.54) is 17.8 Å². The number of aromatic nitrogens is 2. The molecule has 0 spiro atoms. The Morgan fingerprint density at radius 1 is 1.56 bits per heavy atom. The van der Waals surface area contributed by atoms with E-state index >= 15 is 0 Å². The lowest BCUT2D eigenvalue weighted by molar-refractivity contribution is 0.0656. The smallest absolute Gasteiger partial charge is 0.371 e. The van der Waals surface area contributed by atoms with Gasteiger partial charge >= 0.3 is 5.97 Å². The van der Waals surface area contributed by atoms with E-state index in [0.717, 1.165) is 17.8 Å². The molecule has 96 valence electrons. The predicted molar refractivity (Wildman–Crippen MR) is 67.8 cm³/mol. The summed E-state index contributed by atoms with van der Waals surface area (Å²) in [7, 11) is 1.90. The number of carbonyl (C=O) groups is 1. The highest BCUT2D eigenvalue weighted by molar-refractivity contribution is 7.98. The van der Waals surface area contributed by atoms with E-state index in [2.05, 4.69) is 12.0 Å². The molecule has 2 rings (SSSR count). The molecular weight excluding hydrogens is 252 g/mol. The van der Waals surface area contributed by atoms with E-state index in [0.29, 0.717) is 10.8 Å². The number of aromatic carboxylic acids is 1. The maximum absolute atomic E-state index is 10.7. The summed E-state index contributed by atoms with van der Waals surface area (Å²) in [6.45, 7) is 2.06. The lowest BCUT2D eigenvalue weighted by Crippen LogP contribution is -1.96. The number of furan rings is 1. The van der Waals surface area contributed by atoms with Gasteiger partial charge in [0.2, 0.25) is 5.76 Å². The number of hydrogen-bond donors (Lipinski definition) is 1. The number of rotatable bonds is 5. The highest BCUT2D eigenvalue weighted by atomic mass is 32.2. The van der Waals surface area contributed by atoms with Crippen molar-refractivity contribution < 1.29 is 14.3 Å². The van der Waals surface area contributed by atoms with Gasteiger partial charge in [0.1, 0.15) is 0 Å². The third kappa shape index (κ3) is 2.76. The van der Waals surface area contributed by atoms with Crippen LogP contribution in [0.1, 0.15) is 28.9 Å². The van der Waals surface area contributed by atoms with E-state index in [1.807, 2.05) is 17.8 Å². The van der Waals surface area contributed by atoms with Gasteiger partial charge in [0, 0.05) is 18.5 Å². The van der Waals surface area contributed by atoms with Crippen molar-refractivity contribution >= 4 is 17.7 Å². The Bertz CT molecular complexity index is 559. The molecule has 6 heteroatoms. The molecule has 0 fully saturated rings. The molecule has 0 amide bonds. The Kier molecular flexibility index (Phi) is 3.76. The minimum Gasteiger partial charge on any atom is -0.475 e. The molecular formula is C12H14N2O3S. The molecule has 0 bridgehead atoms. The van der Waals surface area contributed by atoms with Crippen LogP contribution in [-0.2, 0) is 19.2 Å². The van der Waals surface area contributed by atoms with Gasteiger partial charge in [0.05, 0.1) is 5.69 Å². The van der Waals surface area contributed by atoms with Crippen LogP contribution in [0.4, 0.5) is 0 Å². The average Bonchev–Trinajstić information content (AvgIpc) is 2.93. The van der Waals surface area contributed by atoms with Gasteiger partial charge in [-0.25, -0.2) is 4.79 Å². The summed E-state index contributed by atoms with van der Waals surface area (Å²) in [6.07, 6.45) is 0.905. The van der Waals surface area contributed by atoms with Crippen molar-refractivity contribution in [3.8, 4) is 0 Å². The van der Waals surface area contributed by atoms with Gasteiger partial charge in [-0.3, -0.25) is 4.68 Å². The molecule has 0 unspecified atom stereocenters. The fraction of sp³-hybridized carbons (Fsp3) is 0.333. The first-order chi connectivity index (χ1) is 8.60. The van der Waals surface area contributed by atoms with Crippen LogP contribution in [-0.4, -0.2) is 20.9 Å². The Morgan fingerprint density at radius 2 is 2.33 bits per heavy atom. The number of nitrogens with zero attached hydrogens (tertiary/aromatic N) is 2. The van der Waals surface area contributed by atoms with E-state index in [-0.39, 0.29) is 5.76 Å². The van der Waals surface area contributed by atoms with Gasteiger partial charge in [-0.05, 0) is 24.6 Å². The highest BCUT2D eigenvalue weighted by Gasteiger charge is 2.10. The number of hydrogen-bond acceptors (Lipinski definition) is 4. The van der Waals surface area contributed by atoms with Gasteiger partial charge in [-0.15, -0.1) is 0 Å². The maximum atomic E-state index is 10.7. The van der Waals surface area contributed by atoms with Crippen LogP contribution in [0.25, 0.3) is 0 Å². The van der Waals surface area contributed by atoms with E-state index in [9.17, 15) is 4.79 Å². The molecule has 0 aliphatic rings. The third-order valence-corrected chi connectivity index (χ3v) is 3.49. The molecule has 0 atom stereocenters. The molecule has 0 radical (unpaired) electrons. The minimum atomic E-state index is -1.05. The van der Waals surface area contributed by atoms with Crippen LogP contribution in [0.2, 0.25) is 0 Å². The van der Waals surface area contributed by atoms with Crippen molar-refractivity contribution in [2.45, 2.75) is 24.2 Å². The second kappa shape index (κ2) is 5.30. The second-order valence-electron chi connectivity index (χ2n) is 3.82. The van der Waals surface area contributed by atoms with Crippen LogP contribution in [0.15, 0.2) is 27.7 Å². The molecule has 0 aliphatic heterocycles. The number of carboxylic acid groups (broad SMARTS) is 1. The van der Waals surface area contributed by atoms with Gasteiger partial charge in [-0.1, -0.05) is 18.7 Å². The van der Waals surface area contributed by atoms with Crippen molar-refractivity contribution in [3.05, 3.63) is 35.3 Å². The monoisotopic (exact) mass is 266 g/mol. The zero-order valence-electron chi connectivity index (χ0n) is 10.2. The average molecular weight is 266 g/mol. The fourth-order valence-corrected chi connectivity index (χ4v) is 2.41. The van der Waals surface area contributed by atoms with Crippen molar-refractivity contribution in [3.63, 3.8) is 0 Å². The van der Waals surface area contributed by atoms with Crippen molar-refractivity contribution in [2.75, 3.05) is 0 Å². The van der Waals surface area contributed by atoms with E-state index in [1.54, 1.807) is 6.07 Å². The largest absolute Gasteiger partial charge is 0.475 e. The van der Waals surface area contributed by atoms with Gasteiger partial charge < -0.3 is 9.52 Å². The lowest BCUT2D eigenvalue weighted by atomic mass is 10.3. The number of thioether (sulfide) groups is 1. The van der Waals surface area contributed by atoms with Crippen molar-refractivity contribution in [1.82, 2.24) is 9.78 Å². The first-order valence-corrected chi connectivity index (χ1v) is 6.56. The van der Waals surface area contributed by atoms with Crippen molar-refractivity contribution in [1.29, 1.82) is 0 Å².